The van der Waals surface area contributed by atoms with Crippen LogP contribution in [0.3, 0.4) is 0 Å². The lowest BCUT2D eigenvalue weighted by atomic mass is 10.2. The quantitative estimate of drug-likeness (QED) is 0.560. The molecule has 3 nitrogen and oxygen atoms in total. The second-order valence-electron chi connectivity index (χ2n) is 2.55. The summed E-state index contributed by atoms with van der Waals surface area (Å²) in [7, 11) is 1.88. The summed E-state index contributed by atoms with van der Waals surface area (Å²) in [5, 5.41) is 17.6. The van der Waals surface area contributed by atoms with Gasteiger partial charge in [0.1, 0.15) is 0 Å². The normalized spacial score (nSPS) is 14.1. The van der Waals surface area contributed by atoms with Crippen LogP contribution >= 0.6 is 0 Å². The molecule has 0 amide bonds. The highest BCUT2D eigenvalue weighted by atomic mass is 16.3. The van der Waals surface area contributed by atoms with Gasteiger partial charge in [-0.25, -0.2) is 0 Å². The van der Waals surface area contributed by atoms with Crippen LogP contribution in [0.15, 0.2) is 0 Å². The van der Waals surface area contributed by atoms with E-state index < -0.39 is 0 Å². The SMILES string of the molecule is CC[C@@H](O)CN(C)CCO. The molecule has 62 valence electrons. The van der Waals surface area contributed by atoms with Gasteiger partial charge in [0.2, 0.25) is 0 Å². The minimum atomic E-state index is -0.253. The summed E-state index contributed by atoms with van der Waals surface area (Å²) in [6, 6.07) is 0. The van der Waals surface area contributed by atoms with Gasteiger partial charge in [0, 0.05) is 13.1 Å². The maximum Gasteiger partial charge on any atom is 0.0664 e. The summed E-state index contributed by atoms with van der Waals surface area (Å²) in [5.74, 6) is 0. The Morgan fingerprint density at radius 1 is 1.50 bits per heavy atom. The molecule has 0 unspecified atom stereocenters. The Labute approximate surface area is 62.3 Å². The van der Waals surface area contributed by atoms with Crippen LogP contribution in [-0.2, 0) is 0 Å². The first-order chi connectivity index (χ1) is 4.70. The van der Waals surface area contributed by atoms with Crippen LogP contribution < -0.4 is 0 Å². The molecule has 0 rings (SSSR count). The maximum absolute atomic E-state index is 9.13. The summed E-state index contributed by atoms with van der Waals surface area (Å²) in [5.41, 5.74) is 0. The van der Waals surface area contributed by atoms with Crippen LogP contribution in [0, 0.1) is 0 Å². The van der Waals surface area contributed by atoms with Crippen molar-refractivity contribution in [2.45, 2.75) is 19.4 Å². The number of aliphatic hydroxyl groups is 2. The zero-order valence-corrected chi connectivity index (χ0v) is 6.75. The Morgan fingerprint density at radius 2 is 2.10 bits per heavy atom. The van der Waals surface area contributed by atoms with Gasteiger partial charge in [0.05, 0.1) is 12.7 Å². The lowest BCUT2D eigenvalue weighted by molar-refractivity contribution is 0.111. The number of rotatable bonds is 5. The topological polar surface area (TPSA) is 43.7 Å². The molecule has 0 radical (unpaired) electrons. The molecule has 0 aromatic heterocycles. The molecule has 3 heteroatoms. The molecule has 0 aliphatic carbocycles. The average Bonchev–Trinajstić information content (AvgIpc) is 1.88. The van der Waals surface area contributed by atoms with Gasteiger partial charge in [-0.2, -0.15) is 0 Å². The van der Waals surface area contributed by atoms with E-state index in [0.29, 0.717) is 13.1 Å². The highest BCUT2D eigenvalue weighted by molar-refractivity contribution is 4.57. The molecule has 0 spiro atoms. The van der Waals surface area contributed by atoms with Gasteiger partial charge in [-0.1, -0.05) is 6.92 Å². The van der Waals surface area contributed by atoms with Crippen molar-refractivity contribution >= 4 is 0 Å². The lowest BCUT2D eigenvalue weighted by Crippen LogP contribution is -2.30. The summed E-state index contributed by atoms with van der Waals surface area (Å²) in [6.07, 6.45) is 0.520. The van der Waals surface area contributed by atoms with Crippen molar-refractivity contribution in [1.82, 2.24) is 4.90 Å². The first-order valence-corrected chi connectivity index (χ1v) is 3.68. The van der Waals surface area contributed by atoms with Gasteiger partial charge in [0.25, 0.3) is 0 Å². The Morgan fingerprint density at radius 3 is 2.50 bits per heavy atom. The van der Waals surface area contributed by atoms with Crippen LogP contribution in [0.25, 0.3) is 0 Å². The van der Waals surface area contributed by atoms with E-state index in [1.54, 1.807) is 0 Å². The lowest BCUT2D eigenvalue weighted by Gasteiger charge is -2.17. The minimum absolute atomic E-state index is 0.160. The number of nitrogens with zero attached hydrogens (tertiary/aromatic N) is 1. The molecule has 0 aliphatic heterocycles. The van der Waals surface area contributed by atoms with E-state index in [0.717, 1.165) is 6.42 Å². The molecule has 0 aromatic rings. The fraction of sp³-hybridized carbons (Fsp3) is 1.00. The average molecular weight is 147 g/mol. The third-order valence-corrected chi connectivity index (χ3v) is 1.48. The molecular weight excluding hydrogens is 130 g/mol. The zero-order valence-electron chi connectivity index (χ0n) is 6.75. The van der Waals surface area contributed by atoms with Crippen LogP contribution in [0.4, 0.5) is 0 Å². The van der Waals surface area contributed by atoms with E-state index in [2.05, 4.69) is 0 Å². The van der Waals surface area contributed by atoms with Crippen molar-refractivity contribution in [3.05, 3.63) is 0 Å². The number of hydrogen-bond donors (Lipinski definition) is 2. The molecule has 0 saturated heterocycles. The molecule has 0 bridgehead atoms. The Balaban J connectivity index is 3.27. The molecule has 0 aromatic carbocycles. The zero-order chi connectivity index (χ0) is 7.98. The van der Waals surface area contributed by atoms with Crippen LogP contribution in [0.2, 0.25) is 0 Å². The second-order valence-corrected chi connectivity index (χ2v) is 2.55. The standard InChI is InChI=1S/C7H17NO2/c1-3-7(10)6-8(2)4-5-9/h7,9-10H,3-6H2,1-2H3/t7-/m1/s1. The van der Waals surface area contributed by atoms with Gasteiger partial charge in [0.15, 0.2) is 0 Å². The molecule has 1 atom stereocenters. The van der Waals surface area contributed by atoms with E-state index in [4.69, 9.17) is 10.2 Å². The van der Waals surface area contributed by atoms with E-state index in [-0.39, 0.29) is 12.7 Å². The van der Waals surface area contributed by atoms with Crippen molar-refractivity contribution in [2.24, 2.45) is 0 Å². The Kier molecular flexibility index (Phi) is 5.58. The number of hydrogen-bond acceptors (Lipinski definition) is 3. The molecular formula is C7H17NO2. The fourth-order valence-electron chi connectivity index (χ4n) is 0.751. The molecule has 0 heterocycles. The monoisotopic (exact) mass is 147 g/mol. The third kappa shape index (κ3) is 4.73. The molecule has 10 heavy (non-hydrogen) atoms. The Bertz CT molecular complexity index is 78.0. The minimum Gasteiger partial charge on any atom is -0.395 e. The van der Waals surface area contributed by atoms with Crippen molar-refractivity contribution < 1.29 is 10.2 Å². The van der Waals surface area contributed by atoms with Gasteiger partial charge in [-0.05, 0) is 13.5 Å². The van der Waals surface area contributed by atoms with E-state index in [1.807, 2.05) is 18.9 Å². The van der Waals surface area contributed by atoms with E-state index in [1.165, 1.54) is 0 Å². The highest BCUT2D eigenvalue weighted by Crippen LogP contribution is 1.92. The smallest absolute Gasteiger partial charge is 0.0664 e. The summed E-state index contributed by atoms with van der Waals surface area (Å²) in [6.45, 7) is 3.39. The van der Waals surface area contributed by atoms with Gasteiger partial charge >= 0.3 is 0 Å². The van der Waals surface area contributed by atoms with E-state index in [9.17, 15) is 0 Å². The van der Waals surface area contributed by atoms with Gasteiger partial charge < -0.3 is 15.1 Å². The van der Waals surface area contributed by atoms with Crippen LogP contribution in [0.5, 0.6) is 0 Å². The third-order valence-electron chi connectivity index (χ3n) is 1.48. The number of likely N-dealkylation sites (N-methyl/N-ethyl adjacent to an activating group) is 1. The first kappa shape index (κ1) is 9.88. The van der Waals surface area contributed by atoms with Crippen LogP contribution in [-0.4, -0.2) is 48.0 Å². The van der Waals surface area contributed by atoms with Gasteiger partial charge in [-0.3, -0.25) is 0 Å². The highest BCUT2D eigenvalue weighted by Gasteiger charge is 2.03. The molecule has 2 N–H and O–H groups in total. The predicted molar refractivity (Wildman–Crippen MR) is 40.9 cm³/mol. The molecule has 0 saturated carbocycles. The molecule has 0 fully saturated rings. The van der Waals surface area contributed by atoms with Gasteiger partial charge in [-0.15, -0.1) is 0 Å². The molecule has 0 aliphatic rings. The second kappa shape index (κ2) is 5.65. The number of aliphatic hydroxyl groups excluding tert-OH is 2. The summed E-state index contributed by atoms with van der Waals surface area (Å²) in [4.78, 5) is 1.91. The van der Waals surface area contributed by atoms with E-state index >= 15 is 0 Å². The fourth-order valence-corrected chi connectivity index (χ4v) is 0.751. The van der Waals surface area contributed by atoms with Crippen molar-refractivity contribution in [2.75, 3.05) is 26.7 Å². The van der Waals surface area contributed by atoms with Crippen molar-refractivity contribution in [1.29, 1.82) is 0 Å². The van der Waals surface area contributed by atoms with Crippen LogP contribution in [0.1, 0.15) is 13.3 Å². The summed E-state index contributed by atoms with van der Waals surface area (Å²) < 4.78 is 0. The first-order valence-electron chi connectivity index (χ1n) is 3.68. The van der Waals surface area contributed by atoms with Crippen molar-refractivity contribution in [3.8, 4) is 0 Å². The maximum atomic E-state index is 9.13. The predicted octanol–water partition coefficient (Wildman–Crippen LogP) is -0.319. The summed E-state index contributed by atoms with van der Waals surface area (Å²) >= 11 is 0. The Hall–Kier alpha value is -0.120. The van der Waals surface area contributed by atoms with Crippen molar-refractivity contribution in [3.63, 3.8) is 0 Å². The largest absolute Gasteiger partial charge is 0.395 e.